The largest absolute Gasteiger partial charge is 0.507 e. The van der Waals surface area contributed by atoms with E-state index in [2.05, 4.69) is 5.32 Å². The van der Waals surface area contributed by atoms with Crippen LogP contribution >= 0.6 is 11.8 Å². The molecule has 0 unspecified atom stereocenters. The highest BCUT2D eigenvalue weighted by Gasteiger charge is 2.13. The van der Waals surface area contributed by atoms with Gasteiger partial charge in [0.15, 0.2) is 6.61 Å². The number of rotatable bonds is 7. The highest BCUT2D eigenvalue weighted by atomic mass is 32.2. The van der Waals surface area contributed by atoms with Crippen molar-refractivity contribution in [2.24, 2.45) is 0 Å². The van der Waals surface area contributed by atoms with Crippen LogP contribution < -0.4 is 5.32 Å². The fourth-order valence-corrected chi connectivity index (χ4v) is 2.67. The molecule has 0 fully saturated rings. The zero-order valence-electron chi connectivity index (χ0n) is 13.3. The molecule has 0 aliphatic rings. The van der Waals surface area contributed by atoms with Gasteiger partial charge in [-0.2, -0.15) is 0 Å². The Morgan fingerprint density at radius 3 is 2.54 bits per heavy atom. The number of carbonyl (C=O) groups is 2. The van der Waals surface area contributed by atoms with Crippen molar-refractivity contribution in [3.63, 3.8) is 0 Å². The number of benzene rings is 2. The second-order valence-electron chi connectivity index (χ2n) is 5.10. The molecule has 2 N–H and O–H groups in total. The van der Waals surface area contributed by atoms with Gasteiger partial charge in [0.25, 0.3) is 5.91 Å². The van der Waals surface area contributed by atoms with Gasteiger partial charge in [0.1, 0.15) is 11.3 Å². The minimum atomic E-state index is -0.725. The SMILES string of the molecule is Cc1ccc(SCCNC(=O)COC(=O)c2ccccc2O)cc1. The number of thioether (sulfide) groups is 1. The number of phenolic OH excluding ortho intramolecular Hbond substituents is 1. The first-order valence-corrected chi connectivity index (χ1v) is 8.46. The number of hydrogen-bond acceptors (Lipinski definition) is 5. The minimum absolute atomic E-state index is 0.0419. The summed E-state index contributed by atoms with van der Waals surface area (Å²) in [5.74, 6) is -0.541. The van der Waals surface area contributed by atoms with Crippen molar-refractivity contribution in [3.05, 3.63) is 59.7 Å². The van der Waals surface area contributed by atoms with Gasteiger partial charge >= 0.3 is 5.97 Å². The number of phenols is 1. The Hall–Kier alpha value is -2.47. The van der Waals surface area contributed by atoms with E-state index in [1.165, 1.54) is 17.7 Å². The van der Waals surface area contributed by atoms with Crippen LogP contribution in [0.25, 0.3) is 0 Å². The predicted octanol–water partition coefficient (Wildman–Crippen LogP) is 2.77. The van der Waals surface area contributed by atoms with Crippen LogP contribution in [0.15, 0.2) is 53.4 Å². The number of aromatic hydroxyl groups is 1. The number of esters is 1. The Kier molecular flexibility index (Phi) is 6.69. The van der Waals surface area contributed by atoms with Gasteiger partial charge in [-0.15, -0.1) is 11.8 Å². The lowest BCUT2D eigenvalue weighted by Crippen LogP contribution is -2.30. The maximum absolute atomic E-state index is 11.7. The first-order valence-electron chi connectivity index (χ1n) is 7.47. The molecule has 2 aromatic carbocycles. The van der Waals surface area contributed by atoms with Gasteiger partial charge in [-0.25, -0.2) is 4.79 Å². The van der Waals surface area contributed by atoms with Crippen LogP contribution in [0.1, 0.15) is 15.9 Å². The van der Waals surface area contributed by atoms with Gasteiger partial charge in [-0.05, 0) is 31.2 Å². The molecule has 2 rings (SSSR count). The summed E-state index contributed by atoms with van der Waals surface area (Å²) < 4.78 is 4.88. The van der Waals surface area contributed by atoms with Crippen molar-refractivity contribution in [3.8, 4) is 5.75 Å². The number of amides is 1. The van der Waals surface area contributed by atoms with Crippen molar-refractivity contribution in [1.29, 1.82) is 0 Å². The summed E-state index contributed by atoms with van der Waals surface area (Å²) in [6.07, 6.45) is 0. The van der Waals surface area contributed by atoms with Crippen LogP contribution in [-0.4, -0.2) is 35.9 Å². The smallest absolute Gasteiger partial charge is 0.342 e. The van der Waals surface area contributed by atoms with Crippen molar-refractivity contribution >= 4 is 23.6 Å². The number of para-hydroxylation sites is 1. The molecular formula is C18H19NO4S. The van der Waals surface area contributed by atoms with E-state index in [1.807, 2.05) is 31.2 Å². The Balaban J connectivity index is 1.65. The molecule has 24 heavy (non-hydrogen) atoms. The van der Waals surface area contributed by atoms with Crippen LogP contribution in [0.2, 0.25) is 0 Å². The van der Waals surface area contributed by atoms with E-state index in [-0.39, 0.29) is 23.8 Å². The molecule has 0 saturated carbocycles. The molecule has 0 aliphatic heterocycles. The maximum atomic E-state index is 11.7. The van der Waals surface area contributed by atoms with E-state index in [0.717, 1.165) is 10.6 Å². The second-order valence-corrected chi connectivity index (χ2v) is 6.27. The molecule has 1 amide bonds. The molecule has 0 aliphatic carbocycles. The van der Waals surface area contributed by atoms with E-state index < -0.39 is 5.97 Å². The number of aryl methyl sites for hydroxylation is 1. The van der Waals surface area contributed by atoms with E-state index in [9.17, 15) is 14.7 Å². The summed E-state index contributed by atoms with van der Waals surface area (Å²) in [5, 5.41) is 12.2. The molecule has 0 heterocycles. The molecular weight excluding hydrogens is 326 g/mol. The molecule has 126 valence electrons. The average molecular weight is 345 g/mol. The van der Waals surface area contributed by atoms with Crippen LogP contribution in [0.4, 0.5) is 0 Å². The molecule has 0 aromatic heterocycles. The molecule has 0 radical (unpaired) electrons. The minimum Gasteiger partial charge on any atom is -0.507 e. The summed E-state index contributed by atoms with van der Waals surface area (Å²) in [7, 11) is 0. The Morgan fingerprint density at radius 2 is 1.83 bits per heavy atom. The third kappa shape index (κ3) is 5.62. The fourth-order valence-electron chi connectivity index (χ4n) is 1.90. The van der Waals surface area contributed by atoms with Crippen molar-refractivity contribution < 1.29 is 19.4 Å². The number of hydrogen-bond donors (Lipinski definition) is 2. The first-order chi connectivity index (χ1) is 11.6. The van der Waals surface area contributed by atoms with Crippen LogP contribution in [0, 0.1) is 6.92 Å². The molecule has 0 bridgehead atoms. The zero-order chi connectivity index (χ0) is 17.4. The van der Waals surface area contributed by atoms with E-state index in [1.54, 1.807) is 23.9 Å². The third-order valence-corrected chi connectivity index (χ3v) is 4.19. The van der Waals surface area contributed by atoms with Gasteiger partial charge in [-0.1, -0.05) is 29.8 Å². The molecule has 0 atom stereocenters. The third-order valence-electron chi connectivity index (χ3n) is 3.17. The Labute approximate surface area is 145 Å². The lowest BCUT2D eigenvalue weighted by molar-refractivity contribution is -0.124. The summed E-state index contributed by atoms with van der Waals surface area (Å²) in [6, 6.07) is 14.2. The van der Waals surface area contributed by atoms with Crippen LogP contribution in [0.3, 0.4) is 0 Å². The summed E-state index contributed by atoms with van der Waals surface area (Å²) in [6.45, 7) is 2.14. The highest BCUT2D eigenvalue weighted by Crippen LogP contribution is 2.17. The van der Waals surface area contributed by atoms with Crippen LogP contribution in [0.5, 0.6) is 5.75 Å². The number of ether oxygens (including phenoxy) is 1. The number of nitrogens with one attached hydrogen (secondary N) is 1. The van der Waals surface area contributed by atoms with Crippen LogP contribution in [-0.2, 0) is 9.53 Å². The van der Waals surface area contributed by atoms with Gasteiger partial charge < -0.3 is 15.2 Å². The number of carbonyl (C=O) groups excluding carboxylic acids is 2. The zero-order valence-corrected chi connectivity index (χ0v) is 14.1. The fraction of sp³-hybridized carbons (Fsp3) is 0.222. The highest BCUT2D eigenvalue weighted by molar-refractivity contribution is 7.99. The Bertz CT molecular complexity index is 700. The standard InChI is InChI=1S/C18H19NO4S/c1-13-6-8-14(9-7-13)24-11-10-19-17(21)12-23-18(22)15-4-2-3-5-16(15)20/h2-9,20H,10-12H2,1H3,(H,19,21). The molecule has 2 aromatic rings. The Morgan fingerprint density at radius 1 is 1.12 bits per heavy atom. The summed E-state index contributed by atoms with van der Waals surface area (Å²) in [5.41, 5.74) is 1.25. The van der Waals surface area contributed by atoms with Gasteiger partial charge in [0.2, 0.25) is 0 Å². The summed E-state index contributed by atoms with van der Waals surface area (Å²) in [4.78, 5) is 24.5. The van der Waals surface area contributed by atoms with E-state index in [4.69, 9.17) is 4.74 Å². The van der Waals surface area contributed by atoms with Crippen molar-refractivity contribution in [2.45, 2.75) is 11.8 Å². The topological polar surface area (TPSA) is 75.6 Å². The predicted molar refractivity (Wildman–Crippen MR) is 93.3 cm³/mol. The maximum Gasteiger partial charge on any atom is 0.342 e. The summed E-state index contributed by atoms with van der Waals surface area (Å²) >= 11 is 1.64. The van der Waals surface area contributed by atoms with Gasteiger partial charge in [0.05, 0.1) is 0 Å². The molecule has 0 spiro atoms. The van der Waals surface area contributed by atoms with Gasteiger partial charge in [-0.3, -0.25) is 4.79 Å². The quantitative estimate of drug-likeness (QED) is 0.458. The molecule has 0 saturated heterocycles. The first kappa shape index (κ1) is 17.9. The average Bonchev–Trinajstić information content (AvgIpc) is 2.58. The lowest BCUT2D eigenvalue weighted by Gasteiger charge is -2.07. The van der Waals surface area contributed by atoms with Crippen molar-refractivity contribution in [2.75, 3.05) is 18.9 Å². The van der Waals surface area contributed by atoms with E-state index >= 15 is 0 Å². The lowest BCUT2D eigenvalue weighted by atomic mass is 10.2. The molecule has 5 nitrogen and oxygen atoms in total. The van der Waals surface area contributed by atoms with Gasteiger partial charge in [0, 0.05) is 17.2 Å². The normalized spacial score (nSPS) is 10.2. The monoisotopic (exact) mass is 345 g/mol. The van der Waals surface area contributed by atoms with Crippen molar-refractivity contribution in [1.82, 2.24) is 5.32 Å². The van der Waals surface area contributed by atoms with E-state index in [0.29, 0.717) is 6.54 Å². The molecule has 6 heteroatoms. The second kappa shape index (κ2) is 8.98.